The molecule has 4 rings (SSSR count). The van der Waals surface area contributed by atoms with E-state index in [4.69, 9.17) is 9.15 Å². The van der Waals surface area contributed by atoms with Crippen molar-refractivity contribution in [2.75, 3.05) is 13.1 Å². The molecule has 1 saturated heterocycles. The zero-order valence-corrected chi connectivity index (χ0v) is 17.2. The average molecular weight is 421 g/mol. The highest BCUT2D eigenvalue weighted by Gasteiger charge is 2.29. The number of aromatic nitrogens is 2. The van der Waals surface area contributed by atoms with Crippen LogP contribution in [0.1, 0.15) is 44.1 Å². The molecule has 0 atom stereocenters. The Hall–Kier alpha value is -2.48. The normalized spacial score (nSPS) is 16.6. The van der Waals surface area contributed by atoms with Gasteiger partial charge in [-0.1, -0.05) is 19.9 Å². The Morgan fingerprint density at radius 2 is 1.97 bits per heavy atom. The van der Waals surface area contributed by atoms with Crippen molar-refractivity contribution in [2.45, 2.75) is 58.0 Å². The Bertz CT molecular complexity index is 985. The first-order chi connectivity index (χ1) is 14.3. The van der Waals surface area contributed by atoms with Gasteiger partial charge in [-0.05, 0) is 31.0 Å². The van der Waals surface area contributed by atoms with Crippen LogP contribution < -0.4 is 4.74 Å². The SMILES string of the molecule is CC(C)c1ocnc1CN1CCC(Oc2cccc3c2ccn3CC(F)(F)F)CC1. The fourth-order valence-electron chi connectivity index (χ4n) is 4.07. The van der Waals surface area contributed by atoms with Gasteiger partial charge in [0.1, 0.15) is 24.2 Å². The van der Waals surface area contributed by atoms with Crippen LogP contribution in [0.4, 0.5) is 13.2 Å². The first kappa shape index (κ1) is 20.8. The van der Waals surface area contributed by atoms with Crippen LogP contribution in [0.2, 0.25) is 0 Å². The smallest absolute Gasteiger partial charge is 0.406 e. The van der Waals surface area contributed by atoms with Gasteiger partial charge in [-0.15, -0.1) is 0 Å². The summed E-state index contributed by atoms with van der Waals surface area (Å²) in [5.41, 5.74) is 1.52. The first-order valence-electron chi connectivity index (χ1n) is 10.3. The van der Waals surface area contributed by atoms with Gasteiger partial charge in [0.25, 0.3) is 0 Å². The van der Waals surface area contributed by atoms with Crippen molar-refractivity contribution in [3.05, 3.63) is 48.3 Å². The Morgan fingerprint density at radius 1 is 1.20 bits per heavy atom. The van der Waals surface area contributed by atoms with Crippen molar-refractivity contribution in [3.63, 3.8) is 0 Å². The summed E-state index contributed by atoms with van der Waals surface area (Å²) in [4.78, 5) is 6.70. The molecule has 8 heteroatoms. The Morgan fingerprint density at radius 3 is 2.67 bits per heavy atom. The van der Waals surface area contributed by atoms with Crippen LogP contribution in [0.15, 0.2) is 41.3 Å². The molecule has 1 aliphatic rings. The number of oxazole rings is 1. The molecule has 3 aromatic rings. The lowest BCUT2D eigenvalue weighted by Gasteiger charge is -2.32. The lowest BCUT2D eigenvalue weighted by Crippen LogP contribution is -2.38. The number of likely N-dealkylation sites (tertiary alicyclic amines) is 1. The van der Waals surface area contributed by atoms with Gasteiger partial charge in [0.2, 0.25) is 0 Å². The quantitative estimate of drug-likeness (QED) is 0.538. The minimum atomic E-state index is -4.26. The molecular weight excluding hydrogens is 395 g/mol. The number of rotatable bonds is 6. The fourth-order valence-corrected chi connectivity index (χ4v) is 4.07. The summed E-state index contributed by atoms with van der Waals surface area (Å²) >= 11 is 0. The van der Waals surface area contributed by atoms with Crippen molar-refractivity contribution in [3.8, 4) is 5.75 Å². The van der Waals surface area contributed by atoms with Gasteiger partial charge in [0.15, 0.2) is 6.39 Å². The van der Waals surface area contributed by atoms with Gasteiger partial charge in [0.05, 0.1) is 11.2 Å². The number of nitrogens with zero attached hydrogens (tertiary/aromatic N) is 3. The van der Waals surface area contributed by atoms with E-state index >= 15 is 0 Å². The molecule has 0 aliphatic carbocycles. The number of fused-ring (bicyclic) bond motifs is 1. The fraction of sp³-hybridized carbons (Fsp3) is 0.500. The Kier molecular flexibility index (Phi) is 5.77. The summed E-state index contributed by atoms with van der Waals surface area (Å²) < 4.78 is 51.3. The van der Waals surface area contributed by atoms with Crippen molar-refractivity contribution in [2.24, 2.45) is 0 Å². The van der Waals surface area contributed by atoms with E-state index in [1.54, 1.807) is 18.2 Å². The summed E-state index contributed by atoms with van der Waals surface area (Å²) in [6, 6.07) is 6.97. The molecule has 1 aliphatic heterocycles. The van der Waals surface area contributed by atoms with Crippen LogP contribution >= 0.6 is 0 Å². The minimum Gasteiger partial charge on any atom is -0.490 e. The van der Waals surface area contributed by atoms with E-state index in [0.29, 0.717) is 22.6 Å². The molecule has 5 nitrogen and oxygen atoms in total. The third-order valence-electron chi connectivity index (χ3n) is 5.52. The van der Waals surface area contributed by atoms with E-state index in [2.05, 4.69) is 23.7 Å². The van der Waals surface area contributed by atoms with Gasteiger partial charge in [-0.25, -0.2) is 4.98 Å². The minimum absolute atomic E-state index is 0.0414. The molecule has 1 aromatic carbocycles. The third-order valence-corrected chi connectivity index (χ3v) is 5.52. The number of hydrogen-bond acceptors (Lipinski definition) is 4. The second kappa shape index (κ2) is 8.34. The Labute approximate surface area is 173 Å². The predicted molar refractivity (Wildman–Crippen MR) is 108 cm³/mol. The molecule has 1 fully saturated rings. The number of benzene rings is 1. The third kappa shape index (κ3) is 4.64. The molecule has 0 saturated carbocycles. The zero-order valence-electron chi connectivity index (χ0n) is 17.2. The van der Waals surface area contributed by atoms with Crippen molar-refractivity contribution in [1.29, 1.82) is 0 Å². The van der Waals surface area contributed by atoms with Crippen LogP contribution in [0.25, 0.3) is 10.9 Å². The van der Waals surface area contributed by atoms with Gasteiger partial charge in [0, 0.05) is 37.1 Å². The number of hydrogen-bond donors (Lipinski definition) is 0. The van der Waals surface area contributed by atoms with Crippen LogP contribution in [-0.4, -0.2) is 39.8 Å². The van der Waals surface area contributed by atoms with E-state index in [-0.39, 0.29) is 6.10 Å². The molecule has 0 spiro atoms. The largest absolute Gasteiger partial charge is 0.490 e. The highest BCUT2D eigenvalue weighted by molar-refractivity contribution is 5.86. The van der Waals surface area contributed by atoms with E-state index in [1.165, 1.54) is 17.2 Å². The van der Waals surface area contributed by atoms with Crippen LogP contribution in [-0.2, 0) is 13.1 Å². The summed E-state index contributed by atoms with van der Waals surface area (Å²) in [6.07, 6.45) is 0.474. The van der Waals surface area contributed by atoms with Crippen molar-refractivity contribution in [1.82, 2.24) is 14.5 Å². The van der Waals surface area contributed by atoms with E-state index in [9.17, 15) is 13.2 Å². The Balaban J connectivity index is 1.38. The van der Waals surface area contributed by atoms with E-state index < -0.39 is 12.7 Å². The zero-order chi connectivity index (χ0) is 21.3. The highest BCUT2D eigenvalue weighted by atomic mass is 19.4. The maximum Gasteiger partial charge on any atom is 0.406 e. The lowest BCUT2D eigenvalue weighted by molar-refractivity contribution is -0.139. The molecule has 162 valence electrons. The topological polar surface area (TPSA) is 43.4 Å². The molecule has 2 aromatic heterocycles. The molecule has 30 heavy (non-hydrogen) atoms. The monoisotopic (exact) mass is 421 g/mol. The van der Waals surface area contributed by atoms with Crippen molar-refractivity contribution < 1.29 is 22.3 Å². The van der Waals surface area contributed by atoms with Gasteiger partial charge in [-0.3, -0.25) is 4.90 Å². The van der Waals surface area contributed by atoms with Crippen LogP contribution in [0.5, 0.6) is 5.75 Å². The van der Waals surface area contributed by atoms with E-state index in [0.717, 1.165) is 43.9 Å². The average Bonchev–Trinajstić information content (AvgIpc) is 3.30. The molecule has 3 heterocycles. The molecule has 0 amide bonds. The molecular formula is C22H26F3N3O2. The summed E-state index contributed by atoms with van der Waals surface area (Å²) in [5, 5.41) is 0.716. The van der Waals surface area contributed by atoms with Gasteiger partial charge in [-0.2, -0.15) is 13.2 Å². The molecule has 0 radical (unpaired) electrons. The number of alkyl halides is 3. The number of piperidine rings is 1. The van der Waals surface area contributed by atoms with Crippen LogP contribution in [0.3, 0.4) is 0 Å². The molecule has 0 N–H and O–H groups in total. The number of halogens is 3. The molecule has 0 bridgehead atoms. The van der Waals surface area contributed by atoms with E-state index in [1.807, 2.05) is 6.07 Å². The predicted octanol–water partition coefficient (Wildman–Crippen LogP) is 5.36. The first-order valence-corrected chi connectivity index (χ1v) is 10.3. The number of ether oxygens (including phenoxy) is 1. The summed E-state index contributed by atoms with van der Waals surface area (Å²) in [7, 11) is 0. The second-order valence-electron chi connectivity index (χ2n) is 8.16. The van der Waals surface area contributed by atoms with Gasteiger partial charge >= 0.3 is 6.18 Å². The highest BCUT2D eigenvalue weighted by Crippen LogP contribution is 2.31. The lowest BCUT2D eigenvalue weighted by atomic mass is 10.1. The summed E-state index contributed by atoms with van der Waals surface area (Å²) in [6.45, 7) is 5.69. The second-order valence-corrected chi connectivity index (χ2v) is 8.16. The maximum absolute atomic E-state index is 12.8. The van der Waals surface area contributed by atoms with Crippen LogP contribution in [0, 0.1) is 0 Å². The molecule has 0 unspecified atom stereocenters. The maximum atomic E-state index is 12.8. The van der Waals surface area contributed by atoms with Gasteiger partial charge < -0.3 is 13.7 Å². The van der Waals surface area contributed by atoms with Crippen molar-refractivity contribution >= 4 is 10.9 Å². The standard InChI is InChI=1S/C22H26F3N3O2/c1-15(2)21-18(26-14-29-21)12-27-9-6-16(7-10-27)30-20-5-3-4-19-17(20)8-11-28(19)13-22(23,24)25/h3-5,8,11,14-16H,6-7,9-10,12-13H2,1-2H3. The summed E-state index contributed by atoms with van der Waals surface area (Å²) in [5.74, 6) is 1.88.